The zero-order chi connectivity index (χ0) is 23.9. The van der Waals surface area contributed by atoms with E-state index in [1.807, 2.05) is 86.6 Å². The summed E-state index contributed by atoms with van der Waals surface area (Å²) in [6.07, 6.45) is 1.72. The number of benzene rings is 3. The van der Waals surface area contributed by atoms with Gasteiger partial charge >= 0.3 is 0 Å². The Morgan fingerprint density at radius 2 is 1.74 bits per heavy atom. The van der Waals surface area contributed by atoms with Gasteiger partial charge in [-0.3, -0.25) is 4.79 Å². The van der Waals surface area contributed by atoms with Crippen molar-refractivity contribution in [3.8, 4) is 22.8 Å². The maximum Gasteiger partial charge on any atom is 0.272 e. The van der Waals surface area contributed by atoms with Crippen molar-refractivity contribution < 1.29 is 14.3 Å². The van der Waals surface area contributed by atoms with Crippen LogP contribution in [0.25, 0.3) is 22.2 Å². The molecule has 1 heterocycles. The Labute approximate surface area is 199 Å². The Bertz CT molecular complexity index is 1300. The van der Waals surface area contributed by atoms with Gasteiger partial charge in [-0.25, -0.2) is 10.4 Å². The number of hydrogen-bond donors (Lipinski definition) is 1. The molecule has 6 nitrogen and oxygen atoms in total. The van der Waals surface area contributed by atoms with Crippen LogP contribution in [0.15, 0.2) is 84.0 Å². The van der Waals surface area contributed by atoms with Crippen molar-refractivity contribution >= 4 is 23.0 Å². The van der Waals surface area contributed by atoms with Crippen molar-refractivity contribution in [1.29, 1.82) is 0 Å². The minimum atomic E-state index is -0.288. The predicted octanol–water partition coefficient (Wildman–Crippen LogP) is 5.83. The van der Waals surface area contributed by atoms with Crippen molar-refractivity contribution in [2.24, 2.45) is 5.10 Å². The number of nitrogens with zero attached hydrogens (tertiary/aromatic N) is 2. The highest BCUT2D eigenvalue weighted by atomic mass is 16.5. The fourth-order valence-electron chi connectivity index (χ4n) is 3.66. The quantitative estimate of drug-likeness (QED) is 0.269. The van der Waals surface area contributed by atoms with Crippen molar-refractivity contribution in [3.05, 3.63) is 90.0 Å². The van der Waals surface area contributed by atoms with Gasteiger partial charge in [0.25, 0.3) is 5.91 Å². The Morgan fingerprint density at radius 1 is 1.03 bits per heavy atom. The number of methoxy groups -OCH3 is 1. The molecule has 0 saturated heterocycles. The van der Waals surface area contributed by atoms with E-state index in [0.717, 1.165) is 33.5 Å². The van der Waals surface area contributed by atoms with E-state index in [-0.39, 0.29) is 11.8 Å². The highest BCUT2D eigenvalue weighted by Gasteiger charge is 2.14. The highest BCUT2D eigenvalue weighted by molar-refractivity contribution is 6.07. The average molecular weight is 454 g/mol. The van der Waals surface area contributed by atoms with E-state index in [4.69, 9.17) is 14.5 Å². The summed E-state index contributed by atoms with van der Waals surface area (Å²) in [6, 6.07) is 24.9. The van der Waals surface area contributed by atoms with Gasteiger partial charge in [-0.15, -0.1) is 0 Å². The first-order chi connectivity index (χ1) is 16.6. The van der Waals surface area contributed by atoms with E-state index >= 15 is 0 Å². The molecule has 0 aliphatic rings. The number of carbonyl (C=O) groups is 1. The van der Waals surface area contributed by atoms with Crippen molar-refractivity contribution in [1.82, 2.24) is 10.4 Å². The summed E-state index contributed by atoms with van der Waals surface area (Å²) in [6.45, 7) is 4.57. The van der Waals surface area contributed by atoms with E-state index in [0.29, 0.717) is 17.9 Å². The van der Waals surface area contributed by atoms with Crippen molar-refractivity contribution in [2.75, 3.05) is 13.7 Å². The van der Waals surface area contributed by atoms with Gasteiger partial charge in [-0.1, -0.05) is 37.3 Å². The second-order valence-corrected chi connectivity index (χ2v) is 7.81. The number of aromatic nitrogens is 1. The predicted molar refractivity (Wildman–Crippen MR) is 136 cm³/mol. The minimum Gasteiger partial charge on any atom is -0.497 e. The molecule has 0 unspecified atom stereocenters. The lowest BCUT2D eigenvalue weighted by Crippen LogP contribution is -2.19. The third-order valence-corrected chi connectivity index (χ3v) is 5.53. The molecule has 0 aliphatic heterocycles. The molecule has 1 N–H and O–H groups in total. The van der Waals surface area contributed by atoms with Crippen LogP contribution in [0.4, 0.5) is 0 Å². The Balaban J connectivity index is 1.57. The number of ether oxygens (including phenoxy) is 2. The summed E-state index contributed by atoms with van der Waals surface area (Å²) in [5.41, 5.74) is 6.63. The van der Waals surface area contributed by atoms with Crippen LogP contribution in [-0.2, 0) is 0 Å². The molecule has 3 aromatic carbocycles. The molecule has 0 fully saturated rings. The average Bonchev–Trinajstić information content (AvgIpc) is 2.88. The Kier molecular flexibility index (Phi) is 7.18. The molecule has 1 aromatic heterocycles. The Morgan fingerprint density at radius 3 is 2.44 bits per heavy atom. The zero-order valence-electron chi connectivity index (χ0n) is 19.5. The molecule has 4 aromatic rings. The lowest BCUT2D eigenvalue weighted by Gasteiger charge is -2.10. The SMILES string of the molecule is CCOc1ccc(-c2cc(C(=O)N/N=C\[C@@H](C)c3ccc(OC)cc3)c3ccccc3n2)cc1. The van der Waals surface area contributed by atoms with Crippen molar-refractivity contribution in [3.63, 3.8) is 0 Å². The second kappa shape index (κ2) is 10.6. The third kappa shape index (κ3) is 5.23. The summed E-state index contributed by atoms with van der Waals surface area (Å²) < 4.78 is 10.7. The van der Waals surface area contributed by atoms with E-state index in [1.54, 1.807) is 19.4 Å². The van der Waals surface area contributed by atoms with Crippen LogP contribution in [0.2, 0.25) is 0 Å². The maximum absolute atomic E-state index is 13.1. The smallest absolute Gasteiger partial charge is 0.272 e. The number of rotatable bonds is 8. The number of amides is 1. The Hall–Kier alpha value is -4.19. The summed E-state index contributed by atoms with van der Waals surface area (Å²) in [5, 5.41) is 4.99. The van der Waals surface area contributed by atoms with Crippen LogP contribution in [0.3, 0.4) is 0 Å². The molecule has 0 radical (unpaired) electrons. The van der Waals surface area contributed by atoms with Gasteiger partial charge in [0.1, 0.15) is 11.5 Å². The number of pyridine rings is 1. The van der Waals surface area contributed by atoms with Gasteiger partial charge in [-0.2, -0.15) is 5.10 Å². The lowest BCUT2D eigenvalue weighted by atomic mass is 10.0. The van der Waals surface area contributed by atoms with Gasteiger partial charge in [0, 0.05) is 23.1 Å². The highest BCUT2D eigenvalue weighted by Crippen LogP contribution is 2.26. The van der Waals surface area contributed by atoms with Crippen LogP contribution in [0.5, 0.6) is 11.5 Å². The van der Waals surface area contributed by atoms with E-state index in [2.05, 4.69) is 10.5 Å². The second-order valence-electron chi connectivity index (χ2n) is 7.81. The van der Waals surface area contributed by atoms with Crippen LogP contribution in [-0.4, -0.2) is 30.8 Å². The molecular formula is C28H27N3O3. The molecule has 1 amide bonds. The molecule has 6 heteroatoms. The largest absolute Gasteiger partial charge is 0.497 e. The summed E-state index contributed by atoms with van der Waals surface area (Å²) >= 11 is 0. The van der Waals surface area contributed by atoms with Gasteiger partial charge in [0.15, 0.2) is 0 Å². The van der Waals surface area contributed by atoms with Crippen LogP contribution >= 0.6 is 0 Å². The first-order valence-corrected chi connectivity index (χ1v) is 11.2. The third-order valence-electron chi connectivity index (χ3n) is 5.53. The first kappa shape index (κ1) is 23.0. The number of nitrogens with one attached hydrogen (secondary N) is 1. The summed E-state index contributed by atoms with van der Waals surface area (Å²) in [4.78, 5) is 17.9. The zero-order valence-corrected chi connectivity index (χ0v) is 19.5. The number of hydrogen-bond acceptors (Lipinski definition) is 5. The van der Waals surface area contributed by atoms with Crippen LogP contribution in [0, 0.1) is 0 Å². The lowest BCUT2D eigenvalue weighted by molar-refractivity contribution is 0.0956. The normalized spacial score (nSPS) is 12.0. The molecule has 172 valence electrons. The fraction of sp³-hybridized carbons (Fsp3) is 0.179. The molecule has 0 saturated carbocycles. The van der Waals surface area contributed by atoms with Gasteiger partial charge < -0.3 is 9.47 Å². The molecule has 0 aliphatic carbocycles. The molecule has 34 heavy (non-hydrogen) atoms. The standard InChI is InChI=1S/C28H27N3O3/c1-4-34-23-15-11-21(12-16-23)27-17-25(24-7-5-6-8-26(24)30-27)28(32)31-29-18-19(2)20-9-13-22(33-3)14-10-20/h5-19H,4H2,1-3H3,(H,31,32)/b29-18-/t19-/m1/s1. The fourth-order valence-corrected chi connectivity index (χ4v) is 3.66. The number of fused-ring (bicyclic) bond motifs is 1. The molecule has 0 bridgehead atoms. The van der Waals surface area contributed by atoms with E-state index in [1.165, 1.54) is 0 Å². The van der Waals surface area contributed by atoms with E-state index < -0.39 is 0 Å². The number of carbonyl (C=O) groups excluding carboxylic acids is 1. The number of para-hydroxylation sites is 1. The van der Waals surface area contributed by atoms with Gasteiger partial charge in [0.2, 0.25) is 0 Å². The van der Waals surface area contributed by atoms with Crippen LogP contribution in [0.1, 0.15) is 35.7 Å². The molecule has 0 spiro atoms. The monoisotopic (exact) mass is 453 g/mol. The summed E-state index contributed by atoms with van der Waals surface area (Å²) in [7, 11) is 1.64. The first-order valence-electron chi connectivity index (χ1n) is 11.2. The summed E-state index contributed by atoms with van der Waals surface area (Å²) in [5.74, 6) is 1.34. The molecule has 4 rings (SSSR count). The number of hydrazone groups is 1. The topological polar surface area (TPSA) is 72.8 Å². The van der Waals surface area contributed by atoms with Crippen molar-refractivity contribution in [2.45, 2.75) is 19.8 Å². The molecular weight excluding hydrogens is 426 g/mol. The molecule has 1 atom stereocenters. The van der Waals surface area contributed by atoms with Gasteiger partial charge in [-0.05, 0) is 61.0 Å². The minimum absolute atomic E-state index is 0.0276. The maximum atomic E-state index is 13.1. The van der Waals surface area contributed by atoms with Crippen LogP contribution < -0.4 is 14.9 Å². The van der Waals surface area contributed by atoms with Gasteiger partial charge in [0.05, 0.1) is 30.5 Å². The van der Waals surface area contributed by atoms with E-state index in [9.17, 15) is 4.79 Å².